The Morgan fingerprint density at radius 3 is 2.39 bits per heavy atom. The topological polar surface area (TPSA) is 74.8 Å². The largest absolute Gasteiger partial charge is 0.378 e. The van der Waals surface area contributed by atoms with E-state index < -0.39 is 0 Å². The lowest BCUT2D eigenvalue weighted by Gasteiger charge is -2.21. The molecule has 0 aliphatic carbocycles. The molecule has 0 aliphatic rings. The van der Waals surface area contributed by atoms with Gasteiger partial charge >= 0.3 is 0 Å². The molecule has 0 saturated heterocycles. The van der Waals surface area contributed by atoms with Crippen molar-refractivity contribution in [3.63, 3.8) is 0 Å². The smallest absolute Gasteiger partial charge is 0.251 e. The molecule has 0 bridgehead atoms. The van der Waals surface area contributed by atoms with Gasteiger partial charge in [-0.15, -0.1) is 24.0 Å². The first kappa shape index (κ1) is 26.6. The standard InChI is InChI=1S/C20H33FN4O2.HI/c1-6-27-18(14(2)3)9-10-24-20(22-5)25-12-11-23-19(26)16-8-7-15(4)17(21)13-16;/h7-8,13-14,18H,6,9-12H2,1-5H3,(H,23,26)(H2,22,24,25);1H. The number of nitrogens with one attached hydrogen (secondary N) is 3. The third-order valence-electron chi connectivity index (χ3n) is 4.21. The number of amides is 1. The van der Waals surface area contributed by atoms with E-state index in [-0.39, 0.29) is 41.8 Å². The molecule has 8 heteroatoms. The predicted molar refractivity (Wildman–Crippen MR) is 123 cm³/mol. The molecule has 1 atom stereocenters. The van der Waals surface area contributed by atoms with Crippen molar-refractivity contribution in [1.82, 2.24) is 16.0 Å². The summed E-state index contributed by atoms with van der Waals surface area (Å²) >= 11 is 0. The predicted octanol–water partition coefficient (Wildman–Crippen LogP) is 3.10. The van der Waals surface area contributed by atoms with E-state index in [9.17, 15) is 9.18 Å². The van der Waals surface area contributed by atoms with Crippen LogP contribution in [0.3, 0.4) is 0 Å². The number of carbonyl (C=O) groups excluding carboxylic acids is 1. The molecule has 0 heterocycles. The van der Waals surface area contributed by atoms with Gasteiger partial charge < -0.3 is 20.7 Å². The van der Waals surface area contributed by atoms with E-state index in [0.29, 0.717) is 42.7 Å². The van der Waals surface area contributed by atoms with Crippen LogP contribution < -0.4 is 16.0 Å². The lowest BCUT2D eigenvalue weighted by atomic mass is 10.0. The number of nitrogens with zero attached hydrogens (tertiary/aromatic N) is 1. The maximum atomic E-state index is 13.5. The lowest BCUT2D eigenvalue weighted by Crippen LogP contribution is -2.42. The third-order valence-corrected chi connectivity index (χ3v) is 4.21. The second-order valence-electron chi connectivity index (χ2n) is 6.67. The van der Waals surface area contributed by atoms with Crippen molar-refractivity contribution < 1.29 is 13.9 Å². The number of hydrogen-bond acceptors (Lipinski definition) is 3. The van der Waals surface area contributed by atoms with Crippen LogP contribution in [0.1, 0.15) is 43.1 Å². The average molecular weight is 508 g/mol. The highest BCUT2D eigenvalue weighted by Gasteiger charge is 2.13. The number of carbonyl (C=O) groups is 1. The SMILES string of the molecule is CCOC(CCNC(=NC)NCCNC(=O)c1ccc(C)c(F)c1)C(C)C.I. The van der Waals surface area contributed by atoms with Crippen LogP contribution in [0, 0.1) is 18.7 Å². The fraction of sp³-hybridized carbons (Fsp3) is 0.600. The summed E-state index contributed by atoms with van der Waals surface area (Å²) in [5.41, 5.74) is 0.836. The number of benzene rings is 1. The Hall–Kier alpha value is -1.42. The van der Waals surface area contributed by atoms with Gasteiger partial charge in [0.15, 0.2) is 5.96 Å². The van der Waals surface area contributed by atoms with E-state index in [0.717, 1.165) is 13.0 Å². The van der Waals surface area contributed by atoms with Crippen molar-refractivity contribution in [2.45, 2.75) is 40.2 Å². The van der Waals surface area contributed by atoms with Crippen LogP contribution in [0.4, 0.5) is 4.39 Å². The Labute approximate surface area is 185 Å². The third kappa shape index (κ3) is 9.68. The quantitative estimate of drug-likeness (QED) is 0.197. The lowest BCUT2D eigenvalue weighted by molar-refractivity contribution is 0.0258. The fourth-order valence-electron chi connectivity index (χ4n) is 2.57. The zero-order valence-electron chi connectivity index (χ0n) is 17.5. The molecule has 3 N–H and O–H groups in total. The summed E-state index contributed by atoms with van der Waals surface area (Å²) in [5.74, 6) is 0.459. The minimum atomic E-state index is -0.378. The Kier molecular flexibility index (Phi) is 13.8. The molecule has 6 nitrogen and oxygen atoms in total. The van der Waals surface area contributed by atoms with Crippen molar-refractivity contribution >= 4 is 35.8 Å². The summed E-state index contributed by atoms with van der Waals surface area (Å²) in [6.07, 6.45) is 1.11. The van der Waals surface area contributed by atoms with Gasteiger partial charge in [0.25, 0.3) is 5.91 Å². The van der Waals surface area contributed by atoms with Crippen LogP contribution >= 0.6 is 24.0 Å². The summed E-state index contributed by atoms with van der Waals surface area (Å²) < 4.78 is 19.3. The Balaban J connectivity index is 0.00000729. The summed E-state index contributed by atoms with van der Waals surface area (Å²) in [6.45, 7) is 10.3. The maximum Gasteiger partial charge on any atom is 0.251 e. The fourth-order valence-corrected chi connectivity index (χ4v) is 2.57. The van der Waals surface area contributed by atoms with Crippen LogP contribution in [0.15, 0.2) is 23.2 Å². The van der Waals surface area contributed by atoms with E-state index >= 15 is 0 Å². The molecule has 1 aromatic rings. The molecule has 1 rings (SSSR count). The van der Waals surface area contributed by atoms with Crippen molar-refractivity contribution in [3.8, 4) is 0 Å². The van der Waals surface area contributed by atoms with E-state index in [1.807, 2.05) is 6.92 Å². The number of hydrogen-bond donors (Lipinski definition) is 3. The van der Waals surface area contributed by atoms with Gasteiger partial charge in [0.05, 0.1) is 6.10 Å². The molecule has 0 spiro atoms. The molecule has 160 valence electrons. The molecule has 0 radical (unpaired) electrons. The zero-order valence-corrected chi connectivity index (χ0v) is 19.8. The Morgan fingerprint density at radius 1 is 1.18 bits per heavy atom. The highest BCUT2D eigenvalue weighted by molar-refractivity contribution is 14.0. The van der Waals surface area contributed by atoms with Crippen molar-refractivity contribution in [2.75, 3.05) is 33.3 Å². The molecule has 0 aliphatic heterocycles. The van der Waals surface area contributed by atoms with Gasteiger partial charge in [-0.05, 0) is 43.9 Å². The number of aryl methyl sites for hydroxylation is 1. The van der Waals surface area contributed by atoms with Gasteiger partial charge in [-0.25, -0.2) is 4.39 Å². The van der Waals surface area contributed by atoms with Crippen LogP contribution in [0.25, 0.3) is 0 Å². The molecule has 0 fully saturated rings. The highest BCUT2D eigenvalue weighted by Crippen LogP contribution is 2.10. The van der Waals surface area contributed by atoms with Crippen LogP contribution in [0.5, 0.6) is 0 Å². The van der Waals surface area contributed by atoms with E-state index in [2.05, 4.69) is 34.8 Å². The minimum absolute atomic E-state index is 0. The van der Waals surface area contributed by atoms with Gasteiger partial charge in [0.1, 0.15) is 5.82 Å². The molecular weight excluding hydrogens is 474 g/mol. The first-order valence-electron chi connectivity index (χ1n) is 9.49. The first-order chi connectivity index (χ1) is 12.9. The number of halogens is 2. The van der Waals surface area contributed by atoms with Gasteiger partial charge in [0, 0.05) is 38.9 Å². The van der Waals surface area contributed by atoms with E-state index in [1.54, 1.807) is 26.1 Å². The highest BCUT2D eigenvalue weighted by atomic mass is 127. The Morgan fingerprint density at radius 2 is 1.82 bits per heavy atom. The van der Waals surface area contributed by atoms with Crippen molar-refractivity contribution in [3.05, 3.63) is 35.1 Å². The first-order valence-corrected chi connectivity index (χ1v) is 9.49. The normalized spacial score (nSPS) is 12.3. The van der Waals surface area contributed by atoms with Crippen molar-refractivity contribution in [2.24, 2.45) is 10.9 Å². The monoisotopic (exact) mass is 508 g/mol. The minimum Gasteiger partial charge on any atom is -0.378 e. The number of rotatable bonds is 10. The molecule has 1 aromatic carbocycles. The van der Waals surface area contributed by atoms with Crippen molar-refractivity contribution in [1.29, 1.82) is 0 Å². The van der Waals surface area contributed by atoms with E-state index in [4.69, 9.17) is 4.74 Å². The van der Waals surface area contributed by atoms with E-state index in [1.165, 1.54) is 6.07 Å². The summed E-state index contributed by atoms with van der Waals surface area (Å²) in [5, 5.41) is 9.14. The molecule has 1 unspecified atom stereocenters. The maximum absolute atomic E-state index is 13.5. The second-order valence-corrected chi connectivity index (χ2v) is 6.67. The van der Waals surface area contributed by atoms with Gasteiger partial charge in [0.2, 0.25) is 0 Å². The summed E-state index contributed by atoms with van der Waals surface area (Å²) in [6, 6.07) is 4.47. The summed E-state index contributed by atoms with van der Waals surface area (Å²) in [4.78, 5) is 16.2. The zero-order chi connectivity index (χ0) is 20.2. The average Bonchev–Trinajstić information content (AvgIpc) is 2.64. The molecule has 0 saturated carbocycles. The van der Waals surface area contributed by atoms with Crippen LogP contribution in [-0.2, 0) is 4.74 Å². The number of guanidine groups is 1. The molecule has 28 heavy (non-hydrogen) atoms. The number of aliphatic imine (C=N–C) groups is 1. The Bertz CT molecular complexity index is 626. The second kappa shape index (κ2) is 14.6. The molecular formula is C20H34FIN4O2. The molecule has 1 amide bonds. The van der Waals surface area contributed by atoms with Crippen LogP contribution in [0.2, 0.25) is 0 Å². The van der Waals surface area contributed by atoms with Gasteiger partial charge in [-0.2, -0.15) is 0 Å². The van der Waals surface area contributed by atoms with Gasteiger partial charge in [-0.1, -0.05) is 19.9 Å². The number of ether oxygens (including phenoxy) is 1. The summed E-state index contributed by atoms with van der Waals surface area (Å²) in [7, 11) is 1.70. The van der Waals surface area contributed by atoms with Gasteiger partial charge in [-0.3, -0.25) is 9.79 Å². The molecule has 0 aromatic heterocycles. The van der Waals surface area contributed by atoms with Crippen LogP contribution in [-0.4, -0.2) is 51.3 Å².